The van der Waals surface area contributed by atoms with E-state index < -0.39 is 35.4 Å². The summed E-state index contributed by atoms with van der Waals surface area (Å²) >= 11 is 0. The van der Waals surface area contributed by atoms with Crippen LogP contribution in [0.25, 0.3) is 11.1 Å². The van der Waals surface area contributed by atoms with Crippen LogP contribution in [0.3, 0.4) is 0 Å². The predicted octanol–water partition coefficient (Wildman–Crippen LogP) is 3.67. The smallest absolute Gasteiger partial charge is 0.376 e. The Labute approximate surface area is 179 Å². The summed E-state index contributed by atoms with van der Waals surface area (Å²) in [4.78, 5) is 25.8. The highest BCUT2D eigenvalue weighted by Crippen LogP contribution is 2.33. The van der Waals surface area contributed by atoms with Crippen LogP contribution in [0.2, 0.25) is 0 Å². The molecule has 0 radical (unpaired) electrons. The largest absolute Gasteiger partial charge is 0.416 e. The summed E-state index contributed by atoms with van der Waals surface area (Å²) in [6, 6.07) is 7.14. The third kappa shape index (κ3) is 3.77. The number of likely N-dealkylation sites (N-methyl/N-ethyl adjacent to an activating group) is 1. The van der Waals surface area contributed by atoms with Gasteiger partial charge in [0.15, 0.2) is 6.10 Å². The lowest BCUT2D eigenvalue weighted by Gasteiger charge is -2.30. The molecule has 0 saturated heterocycles. The molecule has 166 valence electrons. The highest BCUT2D eigenvalue weighted by molar-refractivity contribution is 6.24. The van der Waals surface area contributed by atoms with E-state index in [0.717, 1.165) is 12.1 Å². The number of amides is 1. The predicted molar refractivity (Wildman–Crippen MR) is 107 cm³/mol. The Balaban J connectivity index is 1.61. The third-order valence-electron chi connectivity index (χ3n) is 5.30. The highest BCUT2D eigenvalue weighted by atomic mass is 19.4. The lowest BCUT2D eigenvalue weighted by atomic mass is 9.94. The fraction of sp³-hybridized carbons (Fsp3) is 0.227. The van der Waals surface area contributed by atoms with Crippen LogP contribution >= 0.6 is 0 Å². The normalized spacial score (nSPS) is 16.4. The molecule has 1 N–H and O–H groups in total. The molecule has 1 unspecified atom stereocenters. The number of anilines is 1. The minimum absolute atomic E-state index is 0.0356. The Hall–Kier alpha value is -3.53. The number of benzene rings is 2. The molecule has 4 rings (SSSR count). The van der Waals surface area contributed by atoms with Gasteiger partial charge in [0.1, 0.15) is 5.82 Å². The summed E-state index contributed by atoms with van der Waals surface area (Å²) in [6.45, 7) is 1.92. The number of hydrogen-bond acceptors (Lipinski definition) is 4. The minimum Gasteiger partial charge on any atom is -0.376 e. The van der Waals surface area contributed by atoms with E-state index in [2.05, 4.69) is 5.10 Å². The van der Waals surface area contributed by atoms with Crippen molar-refractivity contribution in [3.63, 3.8) is 0 Å². The molecule has 0 aliphatic carbocycles. The van der Waals surface area contributed by atoms with Crippen molar-refractivity contribution >= 4 is 17.4 Å². The molecule has 2 heterocycles. The van der Waals surface area contributed by atoms with Crippen molar-refractivity contribution in [1.29, 1.82) is 0 Å². The Morgan fingerprint density at radius 1 is 1.09 bits per heavy atom. The molecule has 6 nitrogen and oxygen atoms in total. The van der Waals surface area contributed by atoms with Gasteiger partial charge in [0.2, 0.25) is 5.78 Å². The first kappa shape index (κ1) is 21.7. The zero-order valence-corrected chi connectivity index (χ0v) is 16.7. The van der Waals surface area contributed by atoms with Gasteiger partial charge in [-0.1, -0.05) is 12.1 Å². The van der Waals surface area contributed by atoms with Crippen LogP contribution in [-0.2, 0) is 17.5 Å². The van der Waals surface area contributed by atoms with Gasteiger partial charge in [-0.15, -0.1) is 0 Å². The Morgan fingerprint density at radius 2 is 1.84 bits per heavy atom. The molecule has 0 bridgehead atoms. The van der Waals surface area contributed by atoms with Crippen molar-refractivity contribution in [3.05, 3.63) is 71.3 Å². The van der Waals surface area contributed by atoms with Crippen LogP contribution in [0, 0.1) is 5.82 Å². The van der Waals surface area contributed by atoms with Gasteiger partial charge in [0.05, 0.1) is 24.0 Å². The van der Waals surface area contributed by atoms with E-state index >= 15 is 0 Å². The number of halogens is 4. The maximum atomic E-state index is 14.1. The number of rotatable bonds is 4. The summed E-state index contributed by atoms with van der Waals surface area (Å²) < 4.78 is 53.6. The average Bonchev–Trinajstić information content (AvgIpc) is 3.21. The summed E-state index contributed by atoms with van der Waals surface area (Å²) in [5.41, 5.74) is 0.707. The number of aliphatic hydroxyl groups is 1. The Kier molecular flexibility index (Phi) is 5.33. The second-order valence-electron chi connectivity index (χ2n) is 7.31. The van der Waals surface area contributed by atoms with Crippen LogP contribution in [-0.4, -0.2) is 39.2 Å². The van der Waals surface area contributed by atoms with Crippen molar-refractivity contribution in [3.8, 4) is 11.1 Å². The van der Waals surface area contributed by atoms with Gasteiger partial charge in [-0.25, -0.2) is 4.39 Å². The second kappa shape index (κ2) is 7.86. The van der Waals surface area contributed by atoms with E-state index in [-0.39, 0.29) is 24.2 Å². The number of hydrogen-bond donors (Lipinski definition) is 1. The van der Waals surface area contributed by atoms with Gasteiger partial charge >= 0.3 is 6.18 Å². The number of nitrogens with zero attached hydrogens (tertiary/aromatic N) is 3. The van der Waals surface area contributed by atoms with Crippen molar-refractivity contribution in [2.45, 2.75) is 25.7 Å². The van der Waals surface area contributed by atoms with E-state index in [9.17, 15) is 32.3 Å². The molecular formula is C22H17F4N3O3. The lowest BCUT2D eigenvalue weighted by Crippen LogP contribution is -2.48. The van der Waals surface area contributed by atoms with E-state index in [1.807, 2.05) is 0 Å². The molecule has 2 aromatic carbocycles. The maximum Gasteiger partial charge on any atom is 0.416 e. The fourth-order valence-corrected chi connectivity index (χ4v) is 3.63. The van der Waals surface area contributed by atoms with Crippen LogP contribution in [0.15, 0.2) is 48.8 Å². The number of carbonyl (C=O) groups is 2. The molecule has 1 atom stereocenters. The Bertz CT molecular complexity index is 1220. The van der Waals surface area contributed by atoms with E-state index in [1.54, 1.807) is 25.3 Å². The van der Waals surface area contributed by atoms with E-state index in [1.165, 1.54) is 21.8 Å². The van der Waals surface area contributed by atoms with Crippen LogP contribution in [0.5, 0.6) is 0 Å². The number of fused-ring (bicyclic) bond motifs is 1. The number of Topliss-reactive ketones (excluding diaryl/α,β-unsaturated/α-hetero) is 1. The Morgan fingerprint density at radius 3 is 2.50 bits per heavy atom. The topological polar surface area (TPSA) is 75.4 Å². The number of ketones is 1. The molecule has 0 saturated carbocycles. The monoisotopic (exact) mass is 447 g/mol. The van der Waals surface area contributed by atoms with E-state index in [0.29, 0.717) is 22.9 Å². The number of aromatic nitrogens is 2. The van der Waals surface area contributed by atoms with Crippen molar-refractivity contribution in [2.24, 2.45) is 0 Å². The number of carbonyl (C=O) groups excluding carboxylic acids is 2. The summed E-state index contributed by atoms with van der Waals surface area (Å²) in [7, 11) is 0. The van der Waals surface area contributed by atoms with Crippen molar-refractivity contribution < 1.29 is 32.3 Å². The molecule has 1 aliphatic rings. The number of alkyl halides is 3. The first-order valence-corrected chi connectivity index (χ1v) is 9.66. The summed E-state index contributed by atoms with van der Waals surface area (Å²) in [5.74, 6) is -2.37. The molecular weight excluding hydrogens is 430 g/mol. The number of aliphatic hydroxyl groups excluding tert-OH is 1. The van der Waals surface area contributed by atoms with Crippen molar-refractivity contribution in [2.75, 3.05) is 11.4 Å². The zero-order valence-electron chi connectivity index (χ0n) is 16.7. The van der Waals surface area contributed by atoms with Gasteiger partial charge in [-0.05, 0) is 36.8 Å². The first-order valence-electron chi connectivity index (χ1n) is 9.66. The average molecular weight is 447 g/mol. The van der Waals surface area contributed by atoms with Gasteiger partial charge in [0, 0.05) is 29.4 Å². The van der Waals surface area contributed by atoms with Gasteiger partial charge in [-0.3, -0.25) is 14.3 Å². The summed E-state index contributed by atoms with van der Waals surface area (Å²) in [6.07, 6.45) is -3.36. The van der Waals surface area contributed by atoms with Crippen LogP contribution in [0.1, 0.15) is 28.4 Å². The van der Waals surface area contributed by atoms with Crippen LogP contribution < -0.4 is 4.90 Å². The molecule has 1 aromatic heterocycles. The SMILES string of the molecule is CCN1C(=O)C(O)C(=O)c2cc(-c3cnn(Cc4ccc(C(F)(F)F)cc4F)c3)ccc21. The van der Waals surface area contributed by atoms with Gasteiger partial charge in [-0.2, -0.15) is 18.3 Å². The second-order valence-corrected chi connectivity index (χ2v) is 7.31. The molecule has 0 spiro atoms. The molecule has 32 heavy (non-hydrogen) atoms. The maximum absolute atomic E-state index is 14.1. The molecule has 1 aliphatic heterocycles. The van der Waals surface area contributed by atoms with Crippen LogP contribution in [0.4, 0.5) is 23.2 Å². The molecule has 10 heteroatoms. The fourth-order valence-electron chi connectivity index (χ4n) is 3.63. The molecule has 0 fully saturated rings. The van der Waals surface area contributed by atoms with Gasteiger partial charge < -0.3 is 10.0 Å². The zero-order chi connectivity index (χ0) is 23.2. The molecule has 1 amide bonds. The third-order valence-corrected chi connectivity index (χ3v) is 5.30. The quantitative estimate of drug-likeness (QED) is 0.489. The van der Waals surface area contributed by atoms with Crippen molar-refractivity contribution in [1.82, 2.24) is 9.78 Å². The molecule has 3 aromatic rings. The van der Waals surface area contributed by atoms with Gasteiger partial charge in [0.25, 0.3) is 5.91 Å². The lowest BCUT2D eigenvalue weighted by molar-refractivity contribution is -0.137. The first-order chi connectivity index (χ1) is 15.1. The van der Waals surface area contributed by atoms with E-state index in [4.69, 9.17) is 0 Å². The summed E-state index contributed by atoms with van der Waals surface area (Å²) in [5, 5.41) is 14.1. The standard InChI is InChI=1S/C22H17F4N3O3/c1-2-29-18-6-4-12(7-16(18)19(30)20(31)21(29)32)14-9-27-28(11-14)10-13-3-5-15(8-17(13)23)22(24,25)26/h3-9,11,20,31H,2,10H2,1H3. The highest BCUT2D eigenvalue weighted by Gasteiger charge is 2.37. The minimum atomic E-state index is -4.63.